The standard InChI is InChI=1S/C23H30N2O5/c1-25(12-10-16-8-9-19(26-2)21(13-16)27-3)11-6-7-18-17-14-22(28-4)23(29-5)15-20(17)30-24-18/h8-9,13-15H,6-7,10-12H2,1-5H3. The van der Waals surface area contributed by atoms with Gasteiger partial charge in [0.1, 0.15) is 0 Å². The minimum Gasteiger partial charge on any atom is -0.493 e. The van der Waals surface area contributed by atoms with Crippen molar-refractivity contribution in [1.29, 1.82) is 0 Å². The second-order valence-electron chi connectivity index (χ2n) is 7.18. The molecule has 0 unspecified atom stereocenters. The molecule has 0 saturated carbocycles. The van der Waals surface area contributed by atoms with E-state index in [9.17, 15) is 0 Å². The Labute approximate surface area is 177 Å². The third-order valence-corrected chi connectivity index (χ3v) is 5.23. The third-order valence-electron chi connectivity index (χ3n) is 5.23. The smallest absolute Gasteiger partial charge is 0.171 e. The molecule has 7 nitrogen and oxygen atoms in total. The van der Waals surface area contributed by atoms with Crippen LogP contribution in [0.15, 0.2) is 34.9 Å². The van der Waals surface area contributed by atoms with Gasteiger partial charge in [0.15, 0.2) is 28.6 Å². The highest BCUT2D eigenvalue weighted by atomic mass is 16.5. The first kappa shape index (κ1) is 21.8. The van der Waals surface area contributed by atoms with Gasteiger partial charge in [-0.1, -0.05) is 11.2 Å². The van der Waals surface area contributed by atoms with Crippen molar-refractivity contribution >= 4 is 11.0 Å². The molecule has 0 radical (unpaired) electrons. The van der Waals surface area contributed by atoms with Crippen LogP contribution in [-0.2, 0) is 12.8 Å². The van der Waals surface area contributed by atoms with Gasteiger partial charge in [0.05, 0.1) is 34.1 Å². The molecule has 0 aliphatic rings. The summed E-state index contributed by atoms with van der Waals surface area (Å²) in [6.45, 7) is 1.93. The first-order chi connectivity index (χ1) is 14.6. The van der Waals surface area contributed by atoms with Crippen LogP contribution in [0.5, 0.6) is 23.0 Å². The number of hydrogen-bond donors (Lipinski definition) is 0. The molecular weight excluding hydrogens is 384 g/mol. The van der Waals surface area contributed by atoms with Crippen molar-refractivity contribution in [2.75, 3.05) is 48.6 Å². The maximum atomic E-state index is 5.47. The monoisotopic (exact) mass is 414 g/mol. The highest BCUT2D eigenvalue weighted by Gasteiger charge is 2.14. The van der Waals surface area contributed by atoms with Crippen LogP contribution in [0.3, 0.4) is 0 Å². The average Bonchev–Trinajstić information content (AvgIpc) is 3.18. The number of fused-ring (bicyclic) bond motifs is 1. The normalized spacial score (nSPS) is 11.1. The van der Waals surface area contributed by atoms with Gasteiger partial charge < -0.3 is 28.4 Å². The summed E-state index contributed by atoms with van der Waals surface area (Å²) in [6, 6.07) is 9.82. The average molecular weight is 415 g/mol. The fourth-order valence-electron chi connectivity index (χ4n) is 3.48. The van der Waals surface area contributed by atoms with Crippen LogP contribution in [0.4, 0.5) is 0 Å². The molecule has 0 N–H and O–H groups in total. The van der Waals surface area contributed by atoms with E-state index in [1.807, 2.05) is 24.3 Å². The van der Waals surface area contributed by atoms with Crippen LogP contribution in [0, 0.1) is 0 Å². The number of ether oxygens (including phenoxy) is 4. The van der Waals surface area contributed by atoms with Gasteiger partial charge in [0, 0.05) is 18.0 Å². The number of aryl methyl sites for hydroxylation is 1. The molecule has 7 heteroatoms. The fraction of sp³-hybridized carbons (Fsp3) is 0.435. The summed E-state index contributed by atoms with van der Waals surface area (Å²) in [4.78, 5) is 2.32. The van der Waals surface area contributed by atoms with Crippen LogP contribution in [0.2, 0.25) is 0 Å². The zero-order valence-electron chi connectivity index (χ0n) is 18.4. The predicted molar refractivity (Wildman–Crippen MR) is 116 cm³/mol. The molecule has 30 heavy (non-hydrogen) atoms. The van der Waals surface area contributed by atoms with E-state index in [-0.39, 0.29) is 0 Å². The number of rotatable bonds is 11. The van der Waals surface area contributed by atoms with E-state index in [0.29, 0.717) is 17.1 Å². The van der Waals surface area contributed by atoms with E-state index < -0.39 is 0 Å². The molecule has 162 valence electrons. The maximum absolute atomic E-state index is 5.47. The minimum atomic E-state index is 0.641. The Morgan fingerprint density at radius 2 is 1.47 bits per heavy atom. The molecule has 0 amide bonds. The molecule has 0 bridgehead atoms. The molecule has 3 rings (SSSR count). The maximum Gasteiger partial charge on any atom is 0.171 e. The summed E-state index contributed by atoms with van der Waals surface area (Å²) in [5.41, 5.74) is 2.88. The summed E-state index contributed by atoms with van der Waals surface area (Å²) in [6.07, 6.45) is 2.77. The van der Waals surface area contributed by atoms with E-state index in [1.54, 1.807) is 28.4 Å². The Morgan fingerprint density at radius 1 is 0.800 bits per heavy atom. The lowest BCUT2D eigenvalue weighted by Crippen LogP contribution is -2.22. The van der Waals surface area contributed by atoms with Gasteiger partial charge >= 0.3 is 0 Å². The summed E-state index contributed by atoms with van der Waals surface area (Å²) in [7, 11) is 8.68. The highest BCUT2D eigenvalue weighted by Crippen LogP contribution is 2.34. The molecule has 0 aliphatic heterocycles. The Kier molecular flexibility index (Phi) is 7.41. The quantitative estimate of drug-likeness (QED) is 0.470. The number of methoxy groups -OCH3 is 4. The van der Waals surface area contributed by atoms with Crippen LogP contribution >= 0.6 is 0 Å². The second-order valence-corrected chi connectivity index (χ2v) is 7.18. The Hall–Kier alpha value is -2.93. The topological polar surface area (TPSA) is 66.2 Å². The van der Waals surface area contributed by atoms with Crippen molar-refractivity contribution in [3.63, 3.8) is 0 Å². The summed E-state index contributed by atoms with van der Waals surface area (Å²) < 4.78 is 26.9. The zero-order valence-corrected chi connectivity index (χ0v) is 18.4. The third kappa shape index (κ3) is 4.97. The predicted octanol–water partition coefficient (Wildman–Crippen LogP) is 3.97. The zero-order chi connectivity index (χ0) is 21.5. The van der Waals surface area contributed by atoms with Crippen molar-refractivity contribution < 1.29 is 23.5 Å². The van der Waals surface area contributed by atoms with Crippen molar-refractivity contribution in [3.05, 3.63) is 41.6 Å². The molecular formula is C23H30N2O5. The number of hydrogen-bond acceptors (Lipinski definition) is 7. The lowest BCUT2D eigenvalue weighted by molar-refractivity contribution is 0.330. The Bertz CT molecular complexity index is 970. The molecule has 1 aromatic heterocycles. The molecule has 0 aliphatic carbocycles. The number of nitrogens with zero attached hydrogens (tertiary/aromatic N) is 2. The van der Waals surface area contributed by atoms with Crippen LogP contribution in [0.1, 0.15) is 17.7 Å². The van der Waals surface area contributed by atoms with Gasteiger partial charge in [-0.2, -0.15) is 0 Å². The Morgan fingerprint density at radius 3 is 2.17 bits per heavy atom. The van der Waals surface area contributed by atoms with Crippen molar-refractivity contribution in [2.45, 2.75) is 19.3 Å². The fourth-order valence-corrected chi connectivity index (χ4v) is 3.48. The van der Waals surface area contributed by atoms with Crippen molar-refractivity contribution in [1.82, 2.24) is 10.1 Å². The lowest BCUT2D eigenvalue weighted by atomic mass is 10.1. The number of aromatic nitrogens is 1. The van der Waals surface area contributed by atoms with Gasteiger partial charge in [-0.15, -0.1) is 0 Å². The molecule has 0 saturated heterocycles. The minimum absolute atomic E-state index is 0.641. The first-order valence-electron chi connectivity index (χ1n) is 9.99. The molecule has 0 spiro atoms. The van der Waals surface area contributed by atoms with Gasteiger partial charge in [0.2, 0.25) is 0 Å². The summed E-state index contributed by atoms with van der Waals surface area (Å²) >= 11 is 0. The largest absolute Gasteiger partial charge is 0.493 e. The molecule has 0 fully saturated rings. The number of benzene rings is 2. The van der Waals surface area contributed by atoms with Crippen LogP contribution in [0.25, 0.3) is 11.0 Å². The van der Waals surface area contributed by atoms with E-state index in [1.165, 1.54) is 5.56 Å². The van der Waals surface area contributed by atoms with Crippen molar-refractivity contribution in [3.8, 4) is 23.0 Å². The molecule has 2 aromatic carbocycles. The summed E-state index contributed by atoms with van der Waals surface area (Å²) in [5.74, 6) is 2.84. The van der Waals surface area contributed by atoms with E-state index in [0.717, 1.165) is 54.9 Å². The van der Waals surface area contributed by atoms with Gasteiger partial charge in [-0.25, -0.2) is 0 Å². The second kappa shape index (κ2) is 10.2. The SMILES string of the molecule is COc1ccc(CCN(C)CCCc2noc3cc(OC)c(OC)cc23)cc1OC. The van der Waals surface area contributed by atoms with Gasteiger partial charge in [-0.05, 0) is 56.6 Å². The van der Waals surface area contributed by atoms with Crippen molar-refractivity contribution in [2.24, 2.45) is 0 Å². The van der Waals surface area contributed by atoms with Crippen LogP contribution in [-0.4, -0.2) is 58.6 Å². The van der Waals surface area contributed by atoms with Gasteiger partial charge in [-0.3, -0.25) is 0 Å². The lowest BCUT2D eigenvalue weighted by Gasteiger charge is -2.17. The molecule has 0 atom stereocenters. The van der Waals surface area contributed by atoms with E-state index in [4.69, 9.17) is 23.5 Å². The van der Waals surface area contributed by atoms with Crippen LogP contribution < -0.4 is 18.9 Å². The van der Waals surface area contributed by atoms with E-state index >= 15 is 0 Å². The number of likely N-dealkylation sites (N-methyl/N-ethyl adjacent to an activating group) is 1. The Balaban J connectivity index is 1.53. The summed E-state index contributed by atoms with van der Waals surface area (Å²) in [5, 5.41) is 5.21. The molecule has 1 heterocycles. The van der Waals surface area contributed by atoms with E-state index in [2.05, 4.69) is 23.2 Å². The highest BCUT2D eigenvalue weighted by molar-refractivity contribution is 5.83. The van der Waals surface area contributed by atoms with Gasteiger partial charge in [0.25, 0.3) is 0 Å². The first-order valence-corrected chi connectivity index (χ1v) is 9.99. The molecule has 3 aromatic rings.